The Hall–Kier alpha value is -2.89. The minimum Gasteiger partial charge on any atom is -0.399 e. The summed E-state index contributed by atoms with van der Waals surface area (Å²) in [6.45, 7) is 5.21. The van der Waals surface area contributed by atoms with Gasteiger partial charge in [-0.25, -0.2) is 0 Å². The predicted molar refractivity (Wildman–Crippen MR) is 99.8 cm³/mol. The third-order valence-electron chi connectivity index (χ3n) is 4.20. The van der Waals surface area contributed by atoms with Crippen LogP contribution in [0.25, 0.3) is 0 Å². The van der Waals surface area contributed by atoms with Crippen LogP contribution in [0.2, 0.25) is 0 Å². The van der Waals surface area contributed by atoms with E-state index in [1.165, 1.54) is 18.0 Å². The SMILES string of the molecule is CC(=O)N(/C=C(/C#N)C(=O)N1CCN(CCN)CC1)c1cccc(N)c1. The first-order valence-electron chi connectivity index (χ1n) is 8.45. The number of anilines is 2. The first-order valence-corrected chi connectivity index (χ1v) is 8.45. The number of carbonyl (C=O) groups excluding carboxylic acids is 2. The van der Waals surface area contributed by atoms with Crippen molar-refractivity contribution in [1.82, 2.24) is 9.80 Å². The molecule has 1 fully saturated rings. The van der Waals surface area contributed by atoms with Crippen LogP contribution in [0.15, 0.2) is 36.0 Å². The molecule has 2 rings (SSSR count). The van der Waals surface area contributed by atoms with Crippen molar-refractivity contribution < 1.29 is 9.59 Å². The summed E-state index contributed by atoms with van der Waals surface area (Å²) in [5.41, 5.74) is 12.2. The molecule has 1 aromatic carbocycles. The predicted octanol–water partition coefficient (Wildman–Crippen LogP) is 0.132. The third-order valence-corrected chi connectivity index (χ3v) is 4.20. The Bertz CT molecular complexity index is 731. The molecule has 0 aromatic heterocycles. The second-order valence-corrected chi connectivity index (χ2v) is 6.06. The Kier molecular flexibility index (Phi) is 6.72. The van der Waals surface area contributed by atoms with Gasteiger partial charge in [0.1, 0.15) is 11.6 Å². The van der Waals surface area contributed by atoms with Gasteiger partial charge in [0.05, 0.1) is 5.69 Å². The first-order chi connectivity index (χ1) is 12.5. The molecule has 138 valence electrons. The highest BCUT2D eigenvalue weighted by Crippen LogP contribution is 2.19. The number of nitrogen functional groups attached to an aromatic ring is 1. The molecule has 1 saturated heterocycles. The van der Waals surface area contributed by atoms with Crippen LogP contribution in [0, 0.1) is 11.3 Å². The molecule has 26 heavy (non-hydrogen) atoms. The van der Waals surface area contributed by atoms with Gasteiger partial charge in [-0.1, -0.05) is 6.07 Å². The molecule has 4 N–H and O–H groups in total. The minimum absolute atomic E-state index is 0.0881. The van der Waals surface area contributed by atoms with Crippen molar-refractivity contribution in [2.24, 2.45) is 5.73 Å². The Labute approximate surface area is 153 Å². The van der Waals surface area contributed by atoms with Gasteiger partial charge in [-0.2, -0.15) is 5.26 Å². The normalized spacial score (nSPS) is 15.4. The molecule has 1 heterocycles. The summed E-state index contributed by atoms with van der Waals surface area (Å²) in [6.07, 6.45) is 1.28. The van der Waals surface area contributed by atoms with Gasteiger partial charge in [-0.3, -0.25) is 19.4 Å². The van der Waals surface area contributed by atoms with E-state index in [0.29, 0.717) is 44.1 Å². The van der Waals surface area contributed by atoms with Crippen molar-refractivity contribution in [2.75, 3.05) is 49.9 Å². The Morgan fingerprint density at radius 3 is 2.54 bits per heavy atom. The quantitative estimate of drug-likeness (QED) is 0.440. The topological polar surface area (TPSA) is 120 Å². The zero-order valence-corrected chi connectivity index (χ0v) is 14.9. The van der Waals surface area contributed by atoms with Crippen LogP contribution < -0.4 is 16.4 Å². The Balaban J connectivity index is 2.18. The van der Waals surface area contributed by atoms with Crippen LogP contribution in [-0.4, -0.2) is 60.9 Å². The molecular weight excluding hydrogens is 332 g/mol. The molecule has 0 saturated carbocycles. The summed E-state index contributed by atoms with van der Waals surface area (Å²) in [4.78, 5) is 29.7. The summed E-state index contributed by atoms with van der Waals surface area (Å²) >= 11 is 0. The number of rotatable bonds is 5. The fourth-order valence-electron chi connectivity index (χ4n) is 2.81. The van der Waals surface area contributed by atoms with Crippen molar-refractivity contribution in [3.8, 4) is 6.07 Å². The fraction of sp³-hybridized carbons (Fsp3) is 0.389. The molecule has 2 amide bonds. The molecule has 1 aliphatic heterocycles. The van der Waals surface area contributed by atoms with Gasteiger partial charge in [0, 0.05) is 58.1 Å². The van der Waals surface area contributed by atoms with Crippen LogP contribution in [0.3, 0.4) is 0 Å². The molecule has 1 aliphatic rings. The largest absolute Gasteiger partial charge is 0.399 e. The molecular formula is C18H24N6O2. The monoisotopic (exact) mass is 356 g/mol. The Morgan fingerprint density at radius 1 is 1.31 bits per heavy atom. The standard InChI is InChI=1S/C18H24N6O2/c1-14(25)24(17-4-2-3-16(21)11-17)13-15(12-20)18(26)23-9-7-22(6-5-19)8-10-23/h2-4,11,13H,5-10,19,21H2,1H3/b15-13-. The lowest BCUT2D eigenvalue weighted by Gasteiger charge is -2.34. The van der Waals surface area contributed by atoms with Gasteiger partial charge in [0.25, 0.3) is 5.91 Å². The van der Waals surface area contributed by atoms with E-state index < -0.39 is 0 Å². The smallest absolute Gasteiger partial charge is 0.266 e. The maximum atomic E-state index is 12.7. The van der Waals surface area contributed by atoms with Crippen LogP contribution in [0.4, 0.5) is 11.4 Å². The van der Waals surface area contributed by atoms with Gasteiger partial charge in [0.15, 0.2) is 0 Å². The zero-order valence-electron chi connectivity index (χ0n) is 14.9. The molecule has 0 atom stereocenters. The molecule has 0 bridgehead atoms. The Morgan fingerprint density at radius 2 is 2.00 bits per heavy atom. The van der Waals surface area contributed by atoms with Crippen LogP contribution in [-0.2, 0) is 9.59 Å². The number of amides is 2. The molecule has 0 unspecified atom stereocenters. The number of hydrogen-bond donors (Lipinski definition) is 2. The van der Waals surface area contributed by atoms with Crippen molar-refractivity contribution in [1.29, 1.82) is 5.26 Å². The molecule has 8 nitrogen and oxygen atoms in total. The van der Waals surface area contributed by atoms with Gasteiger partial charge in [0.2, 0.25) is 5.91 Å². The molecule has 0 aliphatic carbocycles. The van der Waals surface area contributed by atoms with E-state index >= 15 is 0 Å². The van der Waals surface area contributed by atoms with E-state index in [-0.39, 0.29) is 17.4 Å². The van der Waals surface area contributed by atoms with Gasteiger partial charge >= 0.3 is 0 Å². The summed E-state index contributed by atoms with van der Waals surface area (Å²) in [7, 11) is 0. The minimum atomic E-state index is -0.380. The number of piperazine rings is 1. The molecule has 1 aromatic rings. The first kappa shape index (κ1) is 19.4. The summed E-state index contributed by atoms with van der Waals surface area (Å²) in [6, 6.07) is 8.63. The summed E-state index contributed by atoms with van der Waals surface area (Å²) in [5, 5.41) is 9.44. The van der Waals surface area contributed by atoms with Crippen molar-refractivity contribution in [2.45, 2.75) is 6.92 Å². The fourth-order valence-corrected chi connectivity index (χ4v) is 2.81. The lowest BCUT2D eigenvalue weighted by Crippen LogP contribution is -2.50. The van der Waals surface area contributed by atoms with Crippen molar-refractivity contribution in [3.63, 3.8) is 0 Å². The second-order valence-electron chi connectivity index (χ2n) is 6.06. The van der Waals surface area contributed by atoms with Crippen LogP contribution >= 0.6 is 0 Å². The number of nitrogens with zero attached hydrogens (tertiary/aromatic N) is 4. The van der Waals surface area contributed by atoms with Crippen molar-refractivity contribution >= 4 is 23.2 Å². The maximum absolute atomic E-state index is 12.7. The van der Waals surface area contributed by atoms with E-state index in [9.17, 15) is 14.9 Å². The highest BCUT2D eigenvalue weighted by atomic mass is 16.2. The number of nitriles is 1. The summed E-state index contributed by atoms with van der Waals surface area (Å²) in [5.74, 6) is -0.695. The number of benzene rings is 1. The maximum Gasteiger partial charge on any atom is 0.266 e. The average Bonchev–Trinajstić information content (AvgIpc) is 2.62. The van der Waals surface area contributed by atoms with Gasteiger partial charge in [-0.05, 0) is 18.2 Å². The van der Waals surface area contributed by atoms with Gasteiger partial charge in [-0.15, -0.1) is 0 Å². The van der Waals surface area contributed by atoms with E-state index in [4.69, 9.17) is 11.5 Å². The number of carbonyl (C=O) groups is 2. The van der Waals surface area contributed by atoms with Gasteiger partial charge < -0.3 is 16.4 Å². The highest BCUT2D eigenvalue weighted by molar-refractivity contribution is 6.01. The summed E-state index contributed by atoms with van der Waals surface area (Å²) < 4.78 is 0. The lowest BCUT2D eigenvalue weighted by molar-refractivity contribution is -0.128. The third kappa shape index (κ3) is 4.81. The van der Waals surface area contributed by atoms with Crippen LogP contribution in [0.1, 0.15) is 6.92 Å². The second kappa shape index (κ2) is 8.99. The van der Waals surface area contributed by atoms with Crippen molar-refractivity contribution in [3.05, 3.63) is 36.0 Å². The van der Waals surface area contributed by atoms with E-state index in [1.54, 1.807) is 29.2 Å². The zero-order chi connectivity index (χ0) is 19.1. The molecule has 0 spiro atoms. The van der Waals surface area contributed by atoms with E-state index in [2.05, 4.69) is 4.90 Å². The molecule has 0 radical (unpaired) electrons. The number of nitrogens with two attached hydrogens (primary N) is 2. The average molecular weight is 356 g/mol. The van der Waals surface area contributed by atoms with Crippen LogP contribution in [0.5, 0.6) is 0 Å². The highest BCUT2D eigenvalue weighted by Gasteiger charge is 2.24. The lowest BCUT2D eigenvalue weighted by atomic mass is 10.2. The number of hydrogen-bond acceptors (Lipinski definition) is 6. The van der Waals surface area contributed by atoms with E-state index in [0.717, 1.165) is 6.54 Å². The van der Waals surface area contributed by atoms with E-state index in [1.807, 2.05) is 6.07 Å². The molecule has 8 heteroatoms.